The Hall–Kier alpha value is -1.42. The molecule has 2 rings (SSSR count). The maximum Gasteiger partial charge on any atom is 0.268 e. The van der Waals surface area contributed by atoms with Gasteiger partial charge in [0.2, 0.25) is 0 Å². The van der Waals surface area contributed by atoms with Crippen LogP contribution in [0.2, 0.25) is 0 Å². The Bertz CT molecular complexity index is 470. The summed E-state index contributed by atoms with van der Waals surface area (Å²) >= 11 is 4.83. The number of rotatable bonds is 7. The van der Waals surface area contributed by atoms with E-state index in [1.165, 1.54) is 31.2 Å². The molecule has 0 bridgehead atoms. The molecule has 4 heteroatoms. The average molecular weight is 291 g/mol. The lowest BCUT2D eigenvalue weighted by molar-refractivity contribution is -0.123. The van der Waals surface area contributed by atoms with Gasteiger partial charge in [0.05, 0.1) is 0 Å². The normalized spacial score (nSPS) is 17.9. The molecule has 0 aliphatic carbocycles. The summed E-state index contributed by atoms with van der Waals surface area (Å²) in [4.78, 5) is 11.5. The van der Waals surface area contributed by atoms with E-state index >= 15 is 0 Å². The highest BCUT2D eigenvalue weighted by atomic mass is 32.1. The highest BCUT2D eigenvalue weighted by molar-refractivity contribution is 7.80. The molecule has 1 aliphatic heterocycles. The molecule has 1 amide bonds. The second-order valence-corrected chi connectivity index (χ2v) is 5.59. The van der Waals surface area contributed by atoms with E-state index < -0.39 is 6.10 Å². The van der Waals surface area contributed by atoms with E-state index in [4.69, 9.17) is 17.0 Å². The maximum absolute atomic E-state index is 11.5. The van der Waals surface area contributed by atoms with Crippen molar-refractivity contribution in [1.82, 2.24) is 5.32 Å². The van der Waals surface area contributed by atoms with E-state index in [2.05, 4.69) is 36.5 Å². The maximum atomic E-state index is 11.5. The number of thiocarbonyl (C=S) groups is 1. The van der Waals surface area contributed by atoms with Gasteiger partial charge in [0, 0.05) is 6.42 Å². The first-order valence-corrected chi connectivity index (χ1v) is 7.69. The van der Waals surface area contributed by atoms with Crippen LogP contribution in [0.15, 0.2) is 24.3 Å². The zero-order chi connectivity index (χ0) is 14.4. The van der Waals surface area contributed by atoms with Crippen LogP contribution in [-0.4, -0.2) is 17.2 Å². The standard InChI is InChI=1S/C16H21NO2S/c1-2-3-4-5-6-12-7-9-13(10-8-12)11-14-15(18)17-16(20)19-14/h7-10,14H,2-6,11H2,1H3,(H,17,18,20). The smallest absolute Gasteiger partial charge is 0.268 e. The van der Waals surface area contributed by atoms with Gasteiger partial charge in [-0.05, 0) is 36.2 Å². The number of amides is 1. The van der Waals surface area contributed by atoms with Gasteiger partial charge in [-0.2, -0.15) is 0 Å². The van der Waals surface area contributed by atoms with E-state index in [9.17, 15) is 4.79 Å². The van der Waals surface area contributed by atoms with Crippen molar-refractivity contribution in [2.24, 2.45) is 0 Å². The molecule has 0 spiro atoms. The molecule has 1 aromatic carbocycles. The fourth-order valence-corrected chi connectivity index (χ4v) is 2.56. The number of carbonyl (C=O) groups excluding carboxylic acids is 1. The number of benzene rings is 1. The molecule has 0 saturated carbocycles. The number of nitrogens with one attached hydrogen (secondary N) is 1. The molecule has 1 unspecified atom stereocenters. The second-order valence-electron chi connectivity index (χ2n) is 5.21. The molecule has 0 radical (unpaired) electrons. The Morgan fingerprint density at radius 1 is 1.15 bits per heavy atom. The van der Waals surface area contributed by atoms with Crippen LogP contribution in [-0.2, 0) is 22.4 Å². The third-order valence-corrected chi connectivity index (χ3v) is 3.73. The van der Waals surface area contributed by atoms with E-state index in [1.54, 1.807) is 0 Å². The van der Waals surface area contributed by atoms with Gasteiger partial charge in [-0.1, -0.05) is 50.5 Å². The molecule has 1 saturated heterocycles. The van der Waals surface area contributed by atoms with Gasteiger partial charge >= 0.3 is 0 Å². The van der Waals surface area contributed by atoms with Crippen LogP contribution in [0.3, 0.4) is 0 Å². The van der Waals surface area contributed by atoms with Gasteiger partial charge < -0.3 is 4.74 Å². The fourth-order valence-electron chi connectivity index (χ4n) is 2.34. The summed E-state index contributed by atoms with van der Waals surface area (Å²) in [6, 6.07) is 8.44. The average Bonchev–Trinajstić information content (AvgIpc) is 2.75. The minimum atomic E-state index is -0.474. The van der Waals surface area contributed by atoms with Crippen LogP contribution < -0.4 is 5.32 Å². The minimum absolute atomic E-state index is 0.140. The molecule has 3 nitrogen and oxygen atoms in total. The van der Waals surface area contributed by atoms with Crippen LogP contribution in [0.25, 0.3) is 0 Å². The molecular formula is C16H21NO2S. The largest absolute Gasteiger partial charge is 0.457 e. The summed E-state index contributed by atoms with van der Waals surface area (Å²) in [5, 5.41) is 2.70. The summed E-state index contributed by atoms with van der Waals surface area (Å²) in [5.41, 5.74) is 2.46. The van der Waals surface area contributed by atoms with Crippen LogP contribution in [0, 0.1) is 0 Å². The van der Waals surface area contributed by atoms with Crippen molar-refractivity contribution in [2.45, 2.75) is 51.6 Å². The molecule has 1 aliphatic rings. The highest BCUT2D eigenvalue weighted by Crippen LogP contribution is 2.14. The Kier molecular flexibility index (Phi) is 5.53. The number of carbonyl (C=O) groups is 1. The van der Waals surface area contributed by atoms with Gasteiger partial charge in [0.25, 0.3) is 11.1 Å². The van der Waals surface area contributed by atoms with Gasteiger partial charge in [-0.25, -0.2) is 0 Å². The molecule has 1 atom stereocenters. The molecule has 1 heterocycles. The van der Waals surface area contributed by atoms with Crippen molar-refractivity contribution in [2.75, 3.05) is 0 Å². The van der Waals surface area contributed by atoms with Crippen LogP contribution in [0.4, 0.5) is 0 Å². The molecule has 108 valence electrons. The van der Waals surface area contributed by atoms with E-state index in [0.717, 1.165) is 12.0 Å². The van der Waals surface area contributed by atoms with Crippen molar-refractivity contribution in [3.63, 3.8) is 0 Å². The van der Waals surface area contributed by atoms with Crippen molar-refractivity contribution in [1.29, 1.82) is 0 Å². The first kappa shape index (κ1) is 15.0. The van der Waals surface area contributed by atoms with Crippen LogP contribution in [0.1, 0.15) is 43.7 Å². The van der Waals surface area contributed by atoms with Gasteiger partial charge in [0.1, 0.15) is 0 Å². The predicted octanol–water partition coefficient (Wildman–Crippen LogP) is 3.15. The Morgan fingerprint density at radius 3 is 2.45 bits per heavy atom. The van der Waals surface area contributed by atoms with Gasteiger partial charge in [0.15, 0.2) is 6.10 Å². The zero-order valence-electron chi connectivity index (χ0n) is 11.9. The quantitative estimate of drug-likeness (QED) is 0.619. The highest BCUT2D eigenvalue weighted by Gasteiger charge is 2.29. The zero-order valence-corrected chi connectivity index (χ0v) is 12.7. The molecule has 1 N–H and O–H groups in total. The monoisotopic (exact) mass is 291 g/mol. The Morgan fingerprint density at radius 2 is 1.85 bits per heavy atom. The Balaban J connectivity index is 1.82. The van der Waals surface area contributed by atoms with E-state index in [0.29, 0.717) is 6.42 Å². The number of aryl methyl sites for hydroxylation is 1. The molecule has 20 heavy (non-hydrogen) atoms. The SMILES string of the molecule is CCCCCCc1ccc(CC2OC(=S)NC2=O)cc1. The third-order valence-electron chi connectivity index (χ3n) is 3.53. The number of hydrogen-bond acceptors (Lipinski definition) is 3. The molecule has 0 aromatic heterocycles. The molecular weight excluding hydrogens is 270 g/mol. The number of unbranched alkanes of at least 4 members (excludes halogenated alkanes) is 3. The lowest BCUT2D eigenvalue weighted by atomic mass is 10.0. The summed E-state index contributed by atoms with van der Waals surface area (Å²) in [7, 11) is 0. The lowest BCUT2D eigenvalue weighted by Crippen LogP contribution is -2.25. The fraction of sp³-hybridized carbons (Fsp3) is 0.500. The van der Waals surface area contributed by atoms with Crippen molar-refractivity contribution >= 4 is 23.3 Å². The van der Waals surface area contributed by atoms with Gasteiger partial charge in [-0.15, -0.1) is 0 Å². The van der Waals surface area contributed by atoms with E-state index in [1.807, 2.05) is 0 Å². The molecule has 1 fully saturated rings. The summed E-state index contributed by atoms with van der Waals surface area (Å²) in [6.07, 6.45) is 6.35. The van der Waals surface area contributed by atoms with Crippen LogP contribution in [0.5, 0.6) is 0 Å². The van der Waals surface area contributed by atoms with Crippen molar-refractivity contribution in [3.05, 3.63) is 35.4 Å². The van der Waals surface area contributed by atoms with Crippen LogP contribution >= 0.6 is 12.2 Å². The number of ether oxygens (including phenoxy) is 1. The number of hydrogen-bond donors (Lipinski definition) is 1. The summed E-state index contributed by atoms with van der Waals surface area (Å²) in [5.74, 6) is -0.140. The minimum Gasteiger partial charge on any atom is -0.457 e. The first-order valence-electron chi connectivity index (χ1n) is 7.28. The Labute approximate surface area is 125 Å². The predicted molar refractivity (Wildman–Crippen MR) is 83.6 cm³/mol. The van der Waals surface area contributed by atoms with Crippen molar-refractivity contribution in [3.8, 4) is 0 Å². The summed E-state index contributed by atoms with van der Waals surface area (Å²) in [6.45, 7) is 2.22. The third kappa shape index (κ3) is 4.30. The van der Waals surface area contributed by atoms with E-state index in [-0.39, 0.29) is 11.1 Å². The topological polar surface area (TPSA) is 38.3 Å². The van der Waals surface area contributed by atoms with Gasteiger partial charge in [-0.3, -0.25) is 10.1 Å². The summed E-state index contributed by atoms with van der Waals surface area (Å²) < 4.78 is 5.27. The lowest BCUT2D eigenvalue weighted by Gasteiger charge is -2.08. The second kappa shape index (κ2) is 7.39. The molecule has 1 aromatic rings. The van der Waals surface area contributed by atoms with Crippen molar-refractivity contribution < 1.29 is 9.53 Å². The first-order chi connectivity index (χ1) is 9.69.